The van der Waals surface area contributed by atoms with E-state index >= 15 is 0 Å². The van der Waals surface area contributed by atoms with Crippen molar-refractivity contribution in [1.82, 2.24) is 15.3 Å². The zero-order chi connectivity index (χ0) is 10.0. The third kappa shape index (κ3) is 1.89. The van der Waals surface area contributed by atoms with Gasteiger partial charge in [0.2, 0.25) is 0 Å². The first-order valence-corrected chi connectivity index (χ1v) is 4.49. The summed E-state index contributed by atoms with van der Waals surface area (Å²) in [6, 6.07) is 0.367. The van der Waals surface area contributed by atoms with Crippen molar-refractivity contribution in [3.05, 3.63) is 17.0 Å². The van der Waals surface area contributed by atoms with Crippen LogP contribution in [0.4, 0.5) is 0 Å². The predicted molar refractivity (Wildman–Crippen MR) is 50.7 cm³/mol. The van der Waals surface area contributed by atoms with Crippen LogP contribution in [0.3, 0.4) is 0 Å². The minimum Gasteiger partial charge on any atom is -0.316 e. The Balaban J connectivity index is 3.07. The molecule has 0 atom stereocenters. The van der Waals surface area contributed by atoms with Crippen LogP contribution in [0, 0.1) is 13.8 Å². The topological polar surface area (TPSA) is 50.1 Å². The van der Waals surface area contributed by atoms with Gasteiger partial charge >= 0.3 is 0 Å². The highest BCUT2D eigenvalue weighted by atomic mass is 16.5. The number of hydroxylamine groups is 1. The van der Waals surface area contributed by atoms with E-state index in [1.807, 2.05) is 18.5 Å². The molecule has 0 spiro atoms. The molecule has 0 saturated carbocycles. The molecule has 0 unspecified atom stereocenters. The summed E-state index contributed by atoms with van der Waals surface area (Å²) in [5.41, 5.74) is 5.34. The Labute approximate surface area is 78.5 Å². The van der Waals surface area contributed by atoms with Crippen molar-refractivity contribution in [2.45, 2.75) is 40.3 Å². The lowest BCUT2D eigenvalue weighted by Crippen LogP contribution is -2.09. The maximum Gasteiger partial charge on any atom is 0.0642 e. The van der Waals surface area contributed by atoms with Crippen molar-refractivity contribution in [1.29, 1.82) is 0 Å². The summed E-state index contributed by atoms with van der Waals surface area (Å²) in [6.07, 6.45) is 0. The number of nitrogens with zero attached hydrogens (tertiary/aromatic N) is 2. The van der Waals surface area contributed by atoms with E-state index in [0.29, 0.717) is 12.6 Å². The number of hydrogen-bond donors (Lipinski definition) is 2. The molecule has 2 N–H and O–H groups in total. The molecule has 74 valence electrons. The molecule has 4 nitrogen and oxygen atoms in total. The highest BCUT2D eigenvalue weighted by Crippen LogP contribution is 2.16. The van der Waals surface area contributed by atoms with E-state index in [-0.39, 0.29) is 0 Å². The van der Waals surface area contributed by atoms with Gasteiger partial charge in [0.05, 0.1) is 5.69 Å². The summed E-state index contributed by atoms with van der Waals surface area (Å²) in [5, 5.41) is 13.0. The first-order chi connectivity index (χ1) is 6.07. The van der Waals surface area contributed by atoms with Crippen molar-refractivity contribution < 1.29 is 5.21 Å². The number of hydrogen-bond acceptors (Lipinski definition) is 3. The molecule has 0 aliphatic heterocycles. The van der Waals surface area contributed by atoms with Gasteiger partial charge in [-0.2, -0.15) is 5.10 Å². The fourth-order valence-electron chi connectivity index (χ4n) is 1.53. The van der Waals surface area contributed by atoms with Crippen LogP contribution in [0.2, 0.25) is 0 Å². The number of aryl methyl sites for hydroxylation is 1. The Morgan fingerprint density at radius 1 is 1.46 bits per heavy atom. The molecule has 1 aromatic heterocycles. The molecule has 1 aromatic rings. The fourth-order valence-corrected chi connectivity index (χ4v) is 1.53. The number of aromatic nitrogens is 2. The van der Waals surface area contributed by atoms with Gasteiger partial charge < -0.3 is 5.21 Å². The molecule has 4 heteroatoms. The van der Waals surface area contributed by atoms with Crippen molar-refractivity contribution >= 4 is 0 Å². The lowest BCUT2D eigenvalue weighted by atomic mass is 10.2. The van der Waals surface area contributed by atoms with Crippen molar-refractivity contribution in [2.24, 2.45) is 0 Å². The van der Waals surface area contributed by atoms with Gasteiger partial charge in [-0.3, -0.25) is 4.68 Å². The predicted octanol–water partition coefficient (Wildman–Crippen LogP) is 1.56. The molecule has 13 heavy (non-hydrogen) atoms. The van der Waals surface area contributed by atoms with Crippen molar-refractivity contribution in [3.63, 3.8) is 0 Å². The van der Waals surface area contributed by atoms with E-state index in [2.05, 4.69) is 24.4 Å². The third-order valence-electron chi connectivity index (χ3n) is 2.22. The molecule has 0 bridgehead atoms. The van der Waals surface area contributed by atoms with Crippen molar-refractivity contribution in [2.75, 3.05) is 0 Å². The minimum absolute atomic E-state index is 0.367. The summed E-state index contributed by atoms with van der Waals surface area (Å²) >= 11 is 0. The summed E-state index contributed by atoms with van der Waals surface area (Å²) in [6.45, 7) is 8.63. The van der Waals surface area contributed by atoms with E-state index in [0.717, 1.165) is 17.0 Å². The fraction of sp³-hybridized carbons (Fsp3) is 0.667. The molecule has 1 rings (SSSR count). The average molecular weight is 183 g/mol. The summed E-state index contributed by atoms with van der Waals surface area (Å²) < 4.78 is 1.97. The SMILES string of the molecule is Cc1nn(C(C)C)c(C)c1CNO. The monoisotopic (exact) mass is 183 g/mol. The zero-order valence-electron chi connectivity index (χ0n) is 8.63. The Morgan fingerprint density at radius 2 is 2.08 bits per heavy atom. The van der Waals surface area contributed by atoms with Crippen LogP contribution in [-0.2, 0) is 6.54 Å². The molecule has 0 fully saturated rings. The van der Waals surface area contributed by atoms with Gasteiger partial charge in [0, 0.05) is 23.8 Å². The standard InChI is InChI=1S/C9H17N3O/c1-6(2)12-8(4)9(5-10-13)7(3)11-12/h6,10,13H,5H2,1-4H3. The van der Waals surface area contributed by atoms with Gasteiger partial charge in [0.25, 0.3) is 0 Å². The zero-order valence-corrected chi connectivity index (χ0v) is 8.63. The molecule has 0 aliphatic rings. The van der Waals surface area contributed by atoms with Crippen LogP contribution in [0.1, 0.15) is 36.8 Å². The van der Waals surface area contributed by atoms with Gasteiger partial charge in [-0.05, 0) is 27.7 Å². The second-order valence-corrected chi connectivity index (χ2v) is 3.52. The van der Waals surface area contributed by atoms with Gasteiger partial charge in [0.1, 0.15) is 0 Å². The highest BCUT2D eigenvalue weighted by Gasteiger charge is 2.12. The van der Waals surface area contributed by atoms with E-state index in [9.17, 15) is 0 Å². The van der Waals surface area contributed by atoms with Crippen LogP contribution in [0.5, 0.6) is 0 Å². The van der Waals surface area contributed by atoms with Gasteiger partial charge in [-0.1, -0.05) is 0 Å². The Hall–Kier alpha value is -0.870. The quantitative estimate of drug-likeness (QED) is 0.699. The second-order valence-electron chi connectivity index (χ2n) is 3.52. The van der Waals surface area contributed by atoms with Crippen LogP contribution >= 0.6 is 0 Å². The van der Waals surface area contributed by atoms with Gasteiger partial charge in [0.15, 0.2) is 0 Å². The van der Waals surface area contributed by atoms with E-state index in [1.54, 1.807) is 0 Å². The molecule has 0 aliphatic carbocycles. The first kappa shape index (κ1) is 10.2. The van der Waals surface area contributed by atoms with Crippen LogP contribution in [0.15, 0.2) is 0 Å². The number of nitrogens with one attached hydrogen (secondary N) is 1. The Morgan fingerprint density at radius 3 is 2.46 bits per heavy atom. The largest absolute Gasteiger partial charge is 0.316 e. The van der Waals surface area contributed by atoms with E-state index < -0.39 is 0 Å². The lowest BCUT2D eigenvalue weighted by molar-refractivity contribution is 0.161. The summed E-state index contributed by atoms with van der Waals surface area (Å²) in [7, 11) is 0. The van der Waals surface area contributed by atoms with Gasteiger partial charge in [-0.25, -0.2) is 5.48 Å². The van der Waals surface area contributed by atoms with Crippen LogP contribution < -0.4 is 5.48 Å². The normalized spacial score (nSPS) is 11.2. The Kier molecular flexibility index (Phi) is 3.06. The molecular formula is C9H17N3O. The molecule has 0 saturated heterocycles. The first-order valence-electron chi connectivity index (χ1n) is 4.49. The third-order valence-corrected chi connectivity index (χ3v) is 2.22. The molecular weight excluding hydrogens is 166 g/mol. The summed E-state index contributed by atoms with van der Waals surface area (Å²) in [5.74, 6) is 0. The maximum absolute atomic E-state index is 8.63. The smallest absolute Gasteiger partial charge is 0.0642 e. The second kappa shape index (κ2) is 3.89. The Bertz CT molecular complexity index is 291. The van der Waals surface area contributed by atoms with E-state index in [1.165, 1.54) is 0 Å². The molecule has 0 amide bonds. The van der Waals surface area contributed by atoms with Crippen LogP contribution in [0.25, 0.3) is 0 Å². The average Bonchev–Trinajstić information content (AvgIpc) is 2.32. The highest BCUT2D eigenvalue weighted by molar-refractivity contribution is 5.24. The van der Waals surface area contributed by atoms with Gasteiger partial charge in [-0.15, -0.1) is 0 Å². The summed E-state index contributed by atoms with van der Waals surface area (Å²) in [4.78, 5) is 0. The maximum atomic E-state index is 8.63. The molecule has 0 aromatic carbocycles. The lowest BCUT2D eigenvalue weighted by Gasteiger charge is -2.08. The molecule has 0 radical (unpaired) electrons. The minimum atomic E-state index is 0.367. The molecule has 1 heterocycles. The van der Waals surface area contributed by atoms with E-state index in [4.69, 9.17) is 5.21 Å². The van der Waals surface area contributed by atoms with Crippen LogP contribution in [-0.4, -0.2) is 15.0 Å². The van der Waals surface area contributed by atoms with Crippen molar-refractivity contribution in [3.8, 4) is 0 Å². The number of rotatable bonds is 3.